The second-order valence-corrected chi connectivity index (χ2v) is 9.01. The molecule has 114 valence electrons. The third-order valence-electron chi connectivity index (χ3n) is 7.87. The minimum absolute atomic E-state index is 0.492. The number of aldehydes is 1. The van der Waals surface area contributed by atoms with Gasteiger partial charge in [-0.1, -0.05) is 32.1 Å². The molecule has 0 aromatic heterocycles. The van der Waals surface area contributed by atoms with Crippen molar-refractivity contribution < 1.29 is 4.79 Å². The number of carbonyl (C=O) groups excluding carboxylic acids is 1. The van der Waals surface area contributed by atoms with E-state index in [-0.39, 0.29) is 0 Å². The van der Waals surface area contributed by atoms with Gasteiger partial charge < -0.3 is 0 Å². The summed E-state index contributed by atoms with van der Waals surface area (Å²) in [6.45, 7) is 11.5. The molecule has 21 heavy (non-hydrogen) atoms. The molecule has 0 N–H and O–H groups in total. The van der Waals surface area contributed by atoms with Crippen LogP contribution in [0.2, 0.25) is 0 Å². The van der Waals surface area contributed by atoms with Gasteiger partial charge in [-0.25, -0.2) is 0 Å². The summed E-state index contributed by atoms with van der Waals surface area (Å²) in [6, 6.07) is 0. The molecule has 0 aromatic rings. The molecule has 0 spiro atoms. The lowest BCUT2D eigenvalue weighted by Gasteiger charge is -2.50. The van der Waals surface area contributed by atoms with Crippen LogP contribution < -0.4 is 0 Å². The first-order valence-corrected chi connectivity index (χ1v) is 8.71. The molecule has 1 nitrogen and oxygen atoms in total. The Balaban J connectivity index is 1.71. The molecular formula is C20H28O. The molecule has 0 aliphatic heterocycles. The van der Waals surface area contributed by atoms with Crippen LogP contribution in [-0.2, 0) is 4.79 Å². The van der Waals surface area contributed by atoms with Gasteiger partial charge in [-0.05, 0) is 85.0 Å². The van der Waals surface area contributed by atoms with E-state index in [1.54, 1.807) is 0 Å². The first-order valence-electron chi connectivity index (χ1n) is 8.71. The summed E-state index contributed by atoms with van der Waals surface area (Å²) in [5.41, 5.74) is 3.50. The fourth-order valence-electron chi connectivity index (χ4n) is 6.37. The van der Waals surface area contributed by atoms with E-state index in [4.69, 9.17) is 0 Å². The van der Waals surface area contributed by atoms with Gasteiger partial charge in [0.25, 0.3) is 0 Å². The van der Waals surface area contributed by atoms with Crippen molar-refractivity contribution in [2.24, 2.45) is 40.4 Å². The van der Waals surface area contributed by atoms with Gasteiger partial charge in [-0.3, -0.25) is 4.79 Å². The monoisotopic (exact) mass is 284 g/mol. The SMILES string of the molecule is C=C(C)[C@@H]1CC[C@]2(C)C[C@H]3[C@H](C[C@@H]12)C(C=O)=C[C@@H]1C[C@@]13C. The highest BCUT2D eigenvalue weighted by Crippen LogP contribution is 2.71. The average molecular weight is 284 g/mol. The Hall–Kier alpha value is -0.850. The third-order valence-corrected chi connectivity index (χ3v) is 7.87. The van der Waals surface area contributed by atoms with Gasteiger partial charge in [-0.2, -0.15) is 0 Å². The summed E-state index contributed by atoms with van der Waals surface area (Å²) in [7, 11) is 0. The maximum Gasteiger partial charge on any atom is 0.146 e. The molecule has 7 atom stereocenters. The quantitative estimate of drug-likeness (QED) is 0.526. The summed E-state index contributed by atoms with van der Waals surface area (Å²) in [5, 5.41) is 0. The molecule has 0 bridgehead atoms. The molecule has 4 aliphatic carbocycles. The van der Waals surface area contributed by atoms with Gasteiger partial charge in [-0.15, -0.1) is 0 Å². The van der Waals surface area contributed by atoms with Crippen molar-refractivity contribution in [1.82, 2.24) is 0 Å². The first kappa shape index (κ1) is 13.8. The van der Waals surface area contributed by atoms with Crippen LogP contribution in [0.1, 0.15) is 52.9 Å². The van der Waals surface area contributed by atoms with Crippen LogP contribution in [0.5, 0.6) is 0 Å². The second-order valence-electron chi connectivity index (χ2n) is 9.01. The number of fused-ring (bicyclic) bond motifs is 4. The Bertz CT molecular complexity index is 544. The van der Waals surface area contributed by atoms with Crippen molar-refractivity contribution in [3.8, 4) is 0 Å². The number of carbonyl (C=O) groups is 1. The van der Waals surface area contributed by atoms with Gasteiger partial charge in [0.1, 0.15) is 6.29 Å². The lowest BCUT2D eigenvalue weighted by Crippen LogP contribution is -2.43. The van der Waals surface area contributed by atoms with Crippen molar-refractivity contribution in [3.63, 3.8) is 0 Å². The molecule has 0 amide bonds. The predicted octanol–water partition coefficient (Wildman–Crippen LogP) is 4.79. The average Bonchev–Trinajstić information content (AvgIpc) is 2.98. The molecule has 3 fully saturated rings. The van der Waals surface area contributed by atoms with Crippen LogP contribution in [-0.4, -0.2) is 6.29 Å². The maximum atomic E-state index is 11.6. The van der Waals surface area contributed by atoms with E-state index in [2.05, 4.69) is 33.4 Å². The smallest absolute Gasteiger partial charge is 0.146 e. The summed E-state index contributed by atoms with van der Waals surface area (Å²) >= 11 is 0. The van der Waals surface area contributed by atoms with E-state index in [9.17, 15) is 4.79 Å². The van der Waals surface area contributed by atoms with Crippen LogP contribution in [0.4, 0.5) is 0 Å². The van der Waals surface area contributed by atoms with Gasteiger partial charge >= 0.3 is 0 Å². The van der Waals surface area contributed by atoms with Gasteiger partial charge in [0.05, 0.1) is 0 Å². The number of hydrogen-bond acceptors (Lipinski definition) is 1. The largest absolute Gasteiger partial charge is 0.298 e. The fraction of sp³-hybridized carbons (Fsp3) is 0.750. The van der Waals surface area contributed by atoms with E-state index in [1.165, 1.54) is 44.0 Å². The lowest BCUT2D eigenvalue weighted by molar-refractivity contribution is -0.106. The molecule has 4 rings (SSSR count). The minimum Gasteiger partial charge on any atom is -0.298 e. The van der Waals surface area contributed by atoms with Crippen LogP contribution in [0.25, 0.3) is 0 Å². The third kappa shape index (κ3) is 1.72. The lowest BCUT2D eigenvalue weighted by atomic mass is 9.54. The number of hydrogen-bond donors (Lipinski definition) is 0. The number of rotatable bonds is 2. The second kappa shape index (κ2) is 4.12. The highest BCUT2D eigenvalue weighted by molar-refractivity contribution is 5.75. The molecular weight excluding hydrogens is 256 g/mol. The Kier molecular flexibility index (Phi) is 2.70. The normalized spacial score (nSPS) is 54.0. The summed E-state index contributed by atoms with van der Waals surface area (Å²) < 4.78 is 0. The highest BCUT2D eigenvalue weighted by Gasteiger charge is 2.64. The summed E-state index contributed by atoms with van der Waals surface area (Å²) in [6.07, 6.45) is 10.0. The topological polar surface area (TPSA) is 17.1 Å². The van der Waals surface area contributed by atoms with Crippen LogP contribution in [0.15, 0.2) is 23.8 Å². The molecule has 0 radical (unpaired) electrons. The number of allylic oxidation sites excluding steroid dienone is 3. The first-order chi connectivity index (χ1) is 9.89. The van der Waals surface area contributed by atoms with E-state index in [0.717, 1.165) is 17.4 Å². The minimum atomic E-state index is 0.492. The van der Waals surface area contributed by atoms with Gasteiger partial charge in [0, 0.05) is 0 Å². The van der Waals surface area contributed by atoms with Crippen molar-refractivity contribution in [1.29, 1.82) is 0 Å². The maximum absolute atomic E-state index is 11.6. The van der Waals surface area contributed by atoms with Crippen LogP contribution >= 0.6 is 0 Å². The van der Waals surface area contributed by atoms with E-state index < -0.39 is 0 Å². The van der Waals surface area contributed by atoms with Crippen molar-refractivity contribution >= 4 is 6.29 Å². The molecule has 0 aromatic carbocycles. The predicted molar refractivity (Wildman–Crippen MR) is 85.7 cm³/mol. The van der Waals surface area contributed by atoms with E-state index >= 15 is 0 Å². The van der Waals surface area contributed by atoms with Crippen molar-refractivity contribution in [2.45, 2.75) is 52.9 Å². The molecule has 0 unspecified atom stereocenters. The molecule has 0 saturated heterocycles. The Labute approximate surface area is 128 Å². The highest BCUT2D eigenvalue weighted by atomic mass is 16.1. The van der Waals surface area contributed by atoms with Crippen LogP contribution in [0, 0.1) is 40.4 Å². The molecule has 0 heterocycles. The standard InChI is InChI=1S/C20H28O/c1-12(2)15-5-6-19(3)10-18-16(8-17(15)19)13(11-21)7-14-9-20(14,18)4/h7,11,14-18H,1,5-6,8-10H2,2-4H3/t14-,15+,16-,17+,18+,19-,20+/m1/s1. The molecule has 3 saturated carbocycles. The van der Waals surface area contributed by atoms with E-state index in [1.807, 2.05) is 0 Å². The van der Waals surface area contributed by atoms with Gasteiger partial charge in [0.2, 0.25) is 0 Å². The fourth-order valence-corrected chi connectivity index (χ4v) is 6.37. The Morgan fingerprint density at radius 3 is 2.76 bits per heavy atom. The molecule has 4 aliphatic rings. The zero-order valence-electron chi connectivity index (χ0n) is 13.7. The Morgan fingerprint density at radius 1 is 1.33 bits per heavy atom. The zero-order chi connectivity index (χ0) is 15.0. The Morgan fingerprint density at radius 2 is 2.10 bits per heavy atom. The van der Waals surface area contributed by atoms with Crippen molar-refractivity contribution in [3.05, 3.63) is 23.8 Å². The zero-order valence-corrected chi connectivity index (χ0v) is 13.7. The summed E-state index contributed by atoms with van der Waals surface area (Å²) in [5.74, 6) is 3.41. The van der Waals surface area contributed by atoms with Gasteiger partial charge in [0.15, 0.2) is 0 Å². The molecule has 1 heteroatoms. The van der Waals surface area contributed by atoms with Crippen LogP contribution in [0.3, 0.4) is 0 Å². The van der Waals surface area contributed by atoms with E-state index in [0.29, 0.717) is 28.6 Å². The van der Waals surface area contributed by atoms with Crippen molar-refractivity contribution in [2.75, 3.05) is 0 Å². The summed E-state index contributed by atoms with van der Waals surface area (Å²) in [4.78, 5) is 11.6.